The molecule has 4 N–H and O–H groups in total. The standard InChI is InChI=1S/C19H23N5O6/c1-27-12-4-2-11(3-5-12)6-7-28-29-8-13-15(25)16(26)19(30-13)24-10-23-14-17(20)21-9-22-18(14)24/h2-5,9-10,13,15-16,19,25-26H,6-8H2,1H3,(H2,20,21,22)/t13-,15-,16-,19-/m1/s1. The number of nitrogen functional groups attached to an aromatic ring is 1. The molecular formula is C19H23N5O6. The molecule has 1 aromatic carbocycles. The van der Waals surface area contributed by atoms with Crippen molar-refractivity contribution in [3.63, 3.8) is 0 Å². The van der Waals surface area contributed by atoms with Crippen LogP contribution < -0.4 is 10.5 Å². The van der Waals surface area contributed by atoms with Crippen LogP contribution in [0.5, 0.6) is 5.75 Å². The zero-order chi connectivity index (χ0) is 21.1. The van der Waals surface area contributed by atoms with Crippen LogP contribution in [0.1, 0.15) is 11.8 Å². The van der Waals surface area contributed by atoms with E-state index in [0.29, 0.717) is 24.2 Å². The second-order valence-electron chi connectivity index (χ2n) is 6.83. The van der Waals surface area contributed by atoms with E-state index in [1.807, 2.05) is 24.3 Å². The van der Waals surface area contributed by atoms with Crippen molar-refractivity contribution in [2.75, 3.05) is 26.1 Å². The molecule has 0 unspecified atom stereocenters. The summed E-state index contributed by atoms with van der Waals surface area (Å²) < 4.78 is 12.4. The molecule has 0 aliphatic carbocycles. The lowest BCUT2D eigenvalue weighted by molar-refractivity contribution is -0.309. The Morgan fingerprint density at radius 2 is 1.90 bits per heavy atom. The Kier molecular flexibility index (Phi) is 6.06. The minimum absolute atomic E-state index is 0.0545. The predicted octanol–water partition coefficient (Wildman–Crippen LogP) is 0.227. The third-order valence-electron chi connectivity index (χ3n) is 4.95. The fourth-order valence-electron chi connectivity index (χ4n) is 3.28. The molecule has 4 atom stereocenters. The zero-order valence-electron chi connectivity index (χ0n) is 16.3. The van der Waals surface area contributed by atoms with Crippen LogP contribution in [0.15, 0.2) is 36.9 Å². The molecule has 11 heteroatoms. The number of aliphatic hydroxyl groups excluding tert-OH is 2. The smallest absolute Gasteiger partial charge is 0.167 e. The van der Waals surface area contributed by atoms with Crippen molar-refractivity contribution < 1.29 is 29.5 Å². The third-order valence-corrected chi connectivity index (χ3v) is 4.95. The number of aliphatic hydroxyl groups is 2. The molecule has 11 nitrogen and oxygen atoms in total. The minimum Gasteiger partial charge on any atom is -0.497 e. The summed E-state index contributed by atoms with van der Waals surface area (Å²) in [6.45, 7) is 0.268. The molecule has 0 bridgehead atoms. The second-order valence-corrected chi connectivity index (χ2v) is 6.83. The molecule has 0 spiro atoms. The highest BCUT2D eigenvalue weighted by Crippen LogP contribution is 2.32. The largest absolute Gasteiger partial charge is 0.497 e. The highest BCUT2D eigenvalue weighted by atomic mass is 17.2. The Bertz CT molecular complexity index is 981. The normalized spacial score (nSPS) is 23.8. The van der Waals surface area contributed by atoms with Gasteiger partial charge in [0.15, 0.2) is 17.7 Å². The van der Waals surface area contributed by atoms with Crippen LogP contribution in [-0.2, 0) is 20.9 Å². The Morgan fingerprint density at radius 1 is 1.10 bits per heavy atom. The van der Waals surface area contributed by atoms with E-state index in [2.05, 4.69) is 15.0 Å². The van der Waals surface area contributed by atoms with E-state index < -0.39 is 24.5 Å². The zero-order valence-corrected chi connectivity index (χ0v) is 16.3. The van der Waals surface area contributed by atoms with E-state index in [9.17, 15) is 10.2 Å². The van der Waals surface area contributed by atoms with Gasteiger partial charge in [-0.25, -0.2) is 24.7 Å². The lowest BCUT2D eigenvalue weighted by Crippen LogP contribution is -2.33. The lowest BCUT2D eigenvalue weighted by Gasteiger charge is -2.16. The van der Waals surface area contributed by atoms with Crippen LogP contribution in [0, 0.1) is 0 Å². The van der Waals surface area contributed by atoms with E-state index in [4.69, 9.17) is 25.0 Å². The van der Waals surface area contributed by atoms with E-state index in [-0.39, 0.29) is 12.4 Å². The van der Waals surface area contributed by atoms with Gasteiger partial charge in [0, 0.05) is 0 Å². The number of imidazole rings is 1. The molecule has 2 aromatic heterocycles. The van der Waals surface area contributed by atoms with Crippen molar-refractivity contribution in [1.29, 1.82) is 0 Å². The molecule has 1 fully saturated rings. The minimum atomic E-state index is -1.20. The number of anilines is 1. The van der Waals surface area contributed by atoms with E-state index in [0.717, 1.165) is 11.3 Å². The van der Waals surface area contributed by atoms with Crippen molar-refractivity contribution >= 4 is 17.0 Å². The van der Waals surface area contributed by atoms with Gasteiger partial charge < -0.3 is 25.4 Å². The summed E-state index contributed by atoms with van der Waals surface area (Å²) in [5.41, 5.74) is 7.65. The van der Waals surface area contributed by atoms with Gasteiger partial charge in [0.25, 0.3) is 0 Å². The number of rotatable bonds is 8. The first-order valence-corrected chi connectivity index (χ1v) is 9.40. The Balaban J connectivity index is 1.29. The topological polar surface area (TPSA) is 147 Å². The van der Waals surface area contributed by atoms with Crippen LogP contribution in [-0.4, -0.2) is 68.4 Å². The van der Waals surface area contributed by atoms with Gasteiger partial charge in [-0.05, 0) is 24.1 Å². The Morgan fingerprint density at radius 3 is 2.67 bits per heavy atom. The fraction of sp³-hybridized carbons (Fsp3) is 0.421. The number of fused-ring (bicyclic) bond motifs is 1. The van der Waals surface area contributed by atoms with Gasteiger partial charge in [0.2, 0.25) is 0 Å². The third kappa shape index (κ3) is 4.06. The summed E-state index contributed by atoms with van der Waals surface area (Å²) in [5.74, 6) is 1.01. The average molecular weight is 417 g/mol. The second kappa shape index (κ2) is 8.90. The number of nitrogens with zero attached hydrogens (tertiary/aromatic N) is 4. The van der Waals surface area contributed by atoms with Crippen LogP contribution in [0.3, 0.4) is 0 Å². The van der Waals surface area contributed by atoms with Gasteiger partial charge in [-0.1, -0.05) is 12.1 Å². The molecule has 0 amide bonds. The van der Waals surface area contributed by atoms with E-state index in [1.165, 1.54) is 17.2 Å². The Hall–Kier alpha value is -2.83. The molecule has 30 heavy (non-hydrogen) atoms. The molecule has 160 valence electrons. The van der Waals surface area contributed by atoms with Gasteiger partial charge >= 0.3 is 0 Å². The molecule has 1 aliphatic heterocycles. The average Bonchev–Trinajstić information content (AvgIpc) is 3.31. The van der Waals surface area contributed by atoms with Gasteiger partial charge in [-0.15, -0.1) is 0 Å². The predicted molar refractivity (Wildman–Crippen MR) is 104 cm³/mol. The number of hydrogen-bond donors (Lipinski definition) is 3. The summed E-state index contributed by atoms with van der Waals surface area (Å²) in [5, 5.41) is 20.7. The van der Waals surface area contributed by atoms with Gasteiger partial charge in [-0.2, -0.15) is 0 Å². The maximum Gasteiger partial charge on any atom is 0.167 e. The molecule has 0 saturated carbocycles. The molecule has 0 radical (unpaired) electrons. The van der Waals surface area contributed by atoms with Crippen molar-refractivity contribution in [1.82, 2.24) is 19.5 Å². The molecule has 1 aliphatic rings. The molecule has 3 heterocycles. The highest BCUT2D eigenvalue weighted by molar-refractivity contribution is 5.81. The van der Waals surface area contributed by atoms with Crippen molar-refractivity contribution in [2.24, 2.45) is 0 Å². The maximum atomic E-state index is 10.4. The molecule has 3 aromatic rings. The summed E-state index contributed by atoms with van der Waals surface area (Å²) in [7, 11) is 1.62. The van der Waals surface area contributed by atoms with E-state index in [1.54, 1.807) is 7.11 Å². The molecular weight excluding hydrogens is 394 g/mol. The van der Waals surface area contributed by atoms with Crippen LogP contribution in [0.25, 0.3) is 11.2 Å². The summed E-state index contributed by atoms with van der Waals surface area (Å²) in [6.07, 6.45) is -0.681. The molecule has 1 saturated heterocycles. The SMILES string of the molecule is COc1ccc(CCOOC[C@H]2O[C@@H](n3cnc4c(N)ncnc43)[C@H](O)[C@@H]2O)cc1. The van der Waals surface area contributed by atoms with Crippen LogP contribution >= 0.6 is 0 Å². The van der Waals surface area contributed by atoms with E-state index >= 15 is 0 Å². The lowest BCUT2D eigenvalue weighted by atomic mass is 10.1. The fourth-order valence-corrected chi connectivity index (χ4v) is 3.28. The summed E-state index contributed by atoms with van der Waals surface area (Å²) in [6, 6.07) is 7.63. The van der Waals surface area contributed by atoms with Gasteiger partial charge in [-0.3, -0.25) is 4.57 Å². The number of hydrogen-bond acceptors (Lipinski definition) is 10. The van der Waals surface area contributed by atoms with Crippen molar-refractivity contribution in [3.8, 4) is 5.75 Å². The monoisotopic (exact) mass is 417 g/mol. The number of methoxy groups -OCH3 is 1. The van der Waals surface area contributed by atoms with Gasteiger partial charge in [0.1, 0.15) is 42.5 Å². The summed E-state index contributed by atoms with van der Waals surface area (Å²) in [4.78, 5) is 22.5. The highest BCUT2D eigenvalue weighted by Gasteiger charge is 2.44. The van der Waals surface area contributed by atoms with Gasteiger partial charge in [0.05, 0.1) is 20.0 Å². The van der Waals surface area contributed by atoms with Crippen molar-refractivity contribution in [3.05, 3.63) is 42.5 Å². The number of nitrogens with two attached hydrogens (primary N) is 1. The number of ether oxygens (including phenoxy) is 2. The first-order valence-electron chi connectivity index (χ1n) is 9.40. The first kappa shape index (κ1) is 20.4. The van der Waals surface area contributed by atoms with Crippen LogP contribution in [0.4, 0.5) is 5.82 Å². The van der Waals surface area contributed by atoms with Crippen LogP contribution in [0.2, 0.25) is 0 Å². The number of aromatic nitrogens is 4. The van der Waals surface area contributed by atoms with Crippen molar-refractivity contribution in [2.45, 2.75) is 31.0 Å². The maximum absolute atomic E-state index is 10.4. The summed E-state index contributed by atoms with van der Waals surface area (Å²) >= 11 is 0. The Labute approximate surface area is 171 Å². The quantitative estimate of drug-likeness (QED) is 0.264. The first-order chi connectivity index (χ1) is 14.6. The molecule has 4 rings (SSSR count). The number of benzene rings is 1.